The minimum Gasteiger partial charge on any atom is -0.427 e. The average Bonchev–Trinajstić information content (AvgIpc) is 2.31. The van der Waals surface area contributed by atoms with Gasteiger partial charge in [-0.05, 0) is 32.5 Å². The second kappa shape index (κ2) is 7.89. The predicted molar refractivity (Wildman–Crippen MR) is 68.9 cm³/mol. The first-order valence-corrected chi connectivity index (χ1v) is 5.35. The van der Waals surface area contributed by atoms with Gasteiger partial charge in [-0.2, -0.15) is 0 Å². The number of allylic oxidation sites excluding steroid dienone is 1. The molecule has 1 N–H and O–H groups in total. The Bertz CT molecular complexity index is 326. The Morgan fingerprint density at radius 3 is 2.82 bits per heavy atom. The SMILES string of the molecule is C=N/C=C(/[B]OC(C)(CN=[N+]=[N-])C(C)O)CC. The van der Waals surface area contributed by atoms with Gasteiger partial charge in [0.15, 0.2) is 0 Å². The van der Waals surface area contributed by atoms with Gasteiger partial charge in [0.2, 0.25) is 0 Å². The molecule has 7 heteroatoms. The Hall–Kier alpha value is -1.30. The van der Waals surface area contributed by atoms with Crippen molar-refractivity contribution in [2.45, 2.75) is 38.9 Å². The fraction of sp³-hybridized carbons (Fsp3) is 0.700. The maximum absolute atomic E-state index is 9.63. The summed E-state index contributed by atoms with van der Waals surface area (Å²) < 4.78 is 5.50. The van der Waals surface area contributed by atoms with Crippen LogP contribution >= 0.6 is 0 Å². The van der Waals surface area contributed by atoms with Gasteiger partial charge < -0.3 is 9.76 Å². The highest BCUT2D eigenvalue weighted by molar-refractivity contribution is 6.38. The summed E-state index contributed by atoms with van der Waals surface area (Å²) in [5, 5.41) is 13.1. The summed E-state index contributed by atoms with van der Waals surface area (Å²) in [4.78, 5) is 6.31. The zero-order valence-corrected chi connectivity index (χ0v) is 10.5. The van der Waals surface area contributed by atoms with Crippen LogP contribution in [0.4, 0.5) is 0 Å². The van der Waals surface area contributed by atoms with E-state index in [1.165, 1.54) is 7.48 Å². The van der Waals surface area contributed by atoms with Crippen molar-refractivity contribution in [2.24, 2.45) is 10.1 Å². The summed E-state index contributed by atoms with van der Waals surface area (Å²) in [7, 11) is 1.51. The lowest BCUT2D eigenvalue weighted by molar-refractivity contribution is -0.0223. The molecule has 0 aliphatic carbocycles. The molecular formula is C10H18BN4O2. The van der Waals surface area contributed by atoms with Gasteiger partial charge in [0.05, 0.1) is 18.2 Å². The van der Waals surface area contributed by atoms with Crippen molar-refractivity contribution in [3.05, 3.63) is 22.1 Å². The molecular weight excluding hydrogens is 219 g/mol. The van der Waals surface area contributed by atoms with E-state index in [1.807, 2.05) is 6.92 Å². The number of rotatable bonds is 8. The van der Waals surface area contributed by atoms with Crippen LogP contribution in [0.2, 0.25) is 0 Å². The highest BCUT2D eigenvalue weighted by atomic mass is 16.5. The van der Waals surface area contributed by atoms with Gasteiger partial charge in [0.25, 0.3) is 0 Å². The fourth-order valence-corrected chi connectivity index (χ4v) is 0.972. The van der Waals surface area contributed by atoms with Gasteiger partial charge in [0, 0.05) is 11.1 Å². The van der Waals surface area contributed by atoms with Crippen LogP contribution in [-0.4, -0.2) is 37.6 Å². The standard InChI is InChI=1S/C10H18BN4O2/c1-5-9(6-13-4)11-17-10(3,8(2)16)7-14-15-12/h6,8,16H,4-5,7H2,1-3H3/b9-6+. The van der Waals surface area contributed by atoms with E-state index >= 15 is 0 Å². The number of hydrogen-bond donors (Lipinski definition) is 1. The Kier molecular flexibility index (Phi) is 7.29. The van der Waals surface area contributed by atoms with Crippen molar-refractivity contribution < 1.29 is 9.76 Å². The van der Waals surface area contributed by atoms with Crippen molar-refractivity contribution >= 4 is 14.2 Å². The Morgan fingerprint density at radius 2 is 2.41 bits per heavy atom. The van der Waals surface area contributed by atoms with E-state index in [-0.39, 0.29) is 6.54 Å². The molecule has 0 rings (SSSR count). The first kappa shape index (κ1) is 15.7. The minimum absolute atomic E-state index is 0.0518. The molecule has 1 radical (unpaired) electrons. The maximum Gasteiger partial charge on any atom is 0.328 e. The molecule has 0 fully saturated rings. The molecule has 0 heterocycles. The molecule has 0 amide bonds. The largest absolute Gasteiger partial charge is 0.427 e. The molecule has 0 saturated heterocycles. The number of nitrogens with zero attached hydrogens (tertiary/aromatic N) is 4. The van der Waals surface area contributed by atoms with E-state index in [9.17, 15) is 5.11 Å². The Morgan fingerprint density at radius 1 is 1.76 bits per heavy atom. The van der Waals surface area contributed by atoms with Crippen molar-refractivity contribution in [3.63, 3.8) is 0 Å². The highest BCUT2D eigenvalue weighted by Crippen LogP contribution is 2.17. The second-order valence-corrected chi connectivity index (χ2v) is 3.85. The third-order valence-corrected chi connectivity index (χ3v) is 2.48. The fourth-order valence-electron chi connectivity index (χ4n) is 0.972. The lowest BCUT2D eigenvalue weighted by Crippen LogP contribution is -2.44. The van der Waals surface area contributed by atoms with Crippen molar-refractivity contribution in [2.75, 3.05) is 6.54 Å². The summed E-state index contributed by atoms with van der Waals surface area (Å²) >= 11 is 0. The van der Waals surface area contributed by atoms with E-state index in [0.717, 1.165) is 11.9 Å². The van der Waals surface area contributed by atoms with E-state index in [4.69, 9.17) is 10.2 Å². The van der Waals surface area contributed by atoms with E-state index in [1.54, 1.807) is 20.0 Å². The van der Waals surface area contributed by atoms with Gasteiger partial charge >= 0.3 is 7.48 Å². The maximum atomic E-state index is 9.63. The highest BCUT2D eigenvalue weighted by Gasteiger charge is 2.30. The molecule has 17 heavy (non-hydrogen) atoms. The van der Waals surface area contributed by atoms with Gasteiger partial charge in [0.1, 0.15) is 0 Å². The zero-order valence-electron chi connectivity index (χ0n) is 10.5. The first-order chi connectivity index (χ1) is 8.00. The van der Waals surface area contributed by atoms with Crippen LogP contribution in [0.1, 0.15) is 27.2 Å². The van der Waals surface area contributed by atoms with Crippen molar-refractivity contribution in [3.8, 4) is 0 Å². The number of aliphatic hydroxyl groups excluding tert-OH is 1. The summed E-state index contributed by atoms with van der Waals surface area (Å²) in [6.45, 7) is 8.62. The number of azide groups is 1. The molecule has 0 aromatic heterocycles. The van der Waals surface area contributed by atoms with Crippen LogP contribution in [0, 0.1) is 0 Å². The number of aliphatic hydroxyl groups is 1. The summed E-state index contributed by atoms with van der Waals surface area (Å²) in [6.07, 6.45) is 1.55. The lowest BCUT2D eigenvalue weighted by Gasteiger charge is -2.32. The van der Waals surface area contributed by atoms with Crippen LogP contribution in [0.15, 0.2) is 21.8 Å². The van der Waals surface area contributed by atoms with Crippen LogP contribution in [0.3, 0.4) is 0 Å². The van der Waals surface area contributed by atoms with Crippen LogP contribution < -0.4 is 0 Å². The van der Waals surface area contributed by atoms with Crippen molar-refractivity contribution in [1.29, 1.82) is 0 Å². The quantitative estimate of drug-likeness (QED) is 0.230. The number of hydrogen-bond acceptors (Lipinski definition) is 4. The normalized spacial score (nSPS) is 16.6. The smallest absolute Gasteiger partial charge is 0.328 e. The van der Waals surface area contributed by atoms with Gasteiger partial charge in [-0.15, -0.1) is 0 Å². The zero-order chi connectivity index (χ0) is 13.3. The molecule has 2 unspecified atom stereocenters. The second-order valence-electron chi connectivity index (χ2n) is 3.85. The number of aliphatic imine (C=N–C) groups is 1. The minimum atomic E-state index is -0.943. The van der Waals surface area contributed by atoms with Crippen molar-refractivity contribution in [1.82, 2.24) is 0 Å². The predicted octanol–water partition coefficient (Wildman–Crippen LogP) is 2.02. The monoisotopic (exact) mass is 237 g/mol. The van der Waals surface area contributed by atoms with Crippen LogP contribution in [0.25, 0.3) is 10.4 Å². The van der Waals surface area contributed by atoms with E-state index in [2.05, 4.69) is 21.7 Å². The molecule has 6 nitrogen and oxygen atoms in total. The van der Waals surface area contributed by atoms with E-state index in [0.29, 0.717) is 0 Å². The molecule has 0 saturated carbocycles. The first-order valence-electron chi connectivity index (χ1n) is 5.35. The molecule has 0 bridgehead atoms. The third kappa shape index (κ3) is 5.54. The summed E-state index contributed by atoms with van der Waals surface area (Å²) in [5.41, 5.74) is 8.19. The molecule has 93 valence electrons. The van der Waals surface area contributed by atoms with E-state index < -0.39 is 11.7 Å². The molecule has 2 atom stereocenters. The Balaban J connectivity index is 4.60. The average molecular weight is 237 g/mol. The third-order valence-electron chi connectivity index (χ3n) is 2.48. The molecule has 0 aliphatic heterocycles. The Labute approximate surface area is 102 Å². The lowest BCUT2D eigenvalue weighted by atomic mass is 9.83. The topological polar surface area (TPSA) is 90.6 Å². The van der Waals surface area contributed by atoms with Gasteiger partial charge in [-0.1, -0.05) is 17.5 Å². The molecule has 0 aliphatic rings. The van der Waals surface area contributed by atoms with Crippen LogP contribution in [-0.2, 0) is 4.65 Å². The van der Waals surface area contributed by atoms with Gasteiger partial charge in [-0.25, -0.2) is 0 Å². The summed E-state index contributed by atoms with van der Waals surface area (Å²) in [6, 6.07) is 0. The van der Waals surface area contributed by atoms with Gasteiger partial charge in [-0.3, -0.25) is 4.99 Å². The molecule has 0 aromatic carbocycles. The van der Waals surface area contributed by atoms with Crippen LogP contribution in [0.5, 0.6) is 0 Å². The summed E-state index contributed by atoms with van der Waals surface area (Å²) in [5.74, 6) is 0. The molecule has 0 spiro atoms. The molecule has 0 aromatic rings.